The van der Waals surface area contributed by atoms with Crippen LogP contribution in [0, 0.1) is 0 Å². The van der Waals surface area contributed by atoms with Gasteiger partial charge in [-0.3, -0.25) is 0 Å². The predicted molar refractivity (Wildman–Crippen MR) is 659 cm³/mol. The van der Waals surface area contributed by atoms with E-state index >= 15 is 0 Å². The van der Waals surface area contributed by atoms with Crippen LogP contribution in [0.15, 0.2) is 0 Å². The Balaban J connectivity index is 3.09. The Hall–Kier alpha value is 29.8. The standard InChI is InChI=1S/CH4S86/c1-87(3,4)86-85-84-83-82-81-80-79-78-77-76-75-74-73-72-71-70-69-68-67-66-65-64-63-62-61-60-59-58-57-56-55-54-53-52-51-50-49-48-47-46-45-44-43-42-41-40-39-38-37-36-35-34-33-32-31-30-29-28-27-26-25-24-23-22-21-20-19-18-17-16-15-14-13-12-11-10-9-8-7-6-5-2/h2H,1H3. The molecule has 0 aromatic rings. The fourth-order valence-electron chi connectivity index (χ4n) is 0.959. The highest BCUT2D eigenvalue weighted by Crippen LogP contribution is 2.72. The SMILES string of the molecule is CS(=S)(=S)SSSSSSSSSSSSSSSSSSSSSSSSSSSSSSSSSSSSSSSSSSSSSSSSSSSSSSSSSSSSSSSSSSSSSSSSSSSSSSSSSSS. The highest BCUT2D eigenvalue weighted by atomic mass is 34.1. The molecular weight excluding hydrogens is 2770 g/mol. The van der Waals surface area contributed by atoms with Crippen molar-refractivity contribution in [3.05, 3.63) is 0 Å². The quantitative estimate of drug-likeness (QED) is 0.0349. The zero-order valence-corrected chi connectivity index (χ0v) is 106. The Morgan fingerprint density at radius 2 is 0.207 bits per heavy atom. The van der Waals surface area contributed by atoms with Gasteiger partial charge in [0.05, 0.1) is 0 Å². The number of hydrogen-bond acceptors (Lipinski definition) is 85. The topological polar surface area (TPSA) is 0 Å². The van der Waals surface area contributed by atoms with Gasteiger partial charge in [0.1, 0.15) is 0 Å². The number of hydrogen-bond donors (Lipinski definition) is 1. The second-order valence-corrected chi connectivity index (χ2v) is 161. The first-order chi connectivity index (χ1) is 43.1. The van der Waals surface area contributed by atoms with Gasteiger partial charge in [-0.15, -0.1) is 0 Å². The van der Waals surface area contributed by atoms with E-state index in [1.807, 2.05) is 674 Å². The van der Waals surface area contributed by atoms with Crippen LogP contribution in [0.2, 0.25) is 0 Å². The Labute approximate surface area is 827 Å². The minimum absolute atomic E-state index is 1.31. The van der Waals surface area contributed by atoms with E-state index in [1.54, 1.807) is 128 Å². The first-order valence-electron chi connectivity index (χ1n) is 14.6. The monoisotopic (exact) mass is 2770 g/mol. The lowest BCUT2D eigenvalue weighted by molar-refractivity contribution is 2.53. The number of thiol groups is 1. The van der Waals surface area contributed by atoms with E-state index in [4.69, 9.17) is 22.4 Å². The summed E-state index contributed by atoms with van der Waals surface area (Å²) >= 11 is 14.6. The molecule has 0 aliphatic carbocycles. The summed E-state index contributed by atoms with van der Waals surface area (Å²) in [5.74, 6) is 0. The molecule has 0 N–H and O–H groups in total. The molecule has 0 aliphatic heterocycles. The summed E-state index contributed by atoms with van der Waals surface area (Å²) in [7, 11) is 149. The Morgan fingerprint density at radius 1 is 0.138 bits per heavy atom. The third-order valence-corrected chi connectivity index (χ3v) is 189. The van der Waals surface area contributed by atoms with Gasteiger partial charge >= 0.3 is 0 Å². The van der Waals surface area contributed by atoms with Crippen LogP contribution in [0.3, 0.4) is 0 Å². The lowest BCUT2D eigenvalue weighted by atomic mass is 12.0. The van der Waals surface area contributed by atoms with Crippen LogP contribution in [-0.2, 0) is 28.6 Å². The van der Waals surface area contributed by atoms with E-state index in [-0.39, 0.29) is 0 Å². The van der Waals surface area contributed by atoms with Crippen molar-refractivity contribution in [3.8, 4) is 0 Å². The Kier molecular flexibility index (Phi) is 148. The molecule has 0 aromatic carbocycles. The summed E-state index contributed by atoms with van der Waals surface area (Å²) in [5.41, 5.74) is 0. The molecule has 86 heteroatoms. The third kappa shape index (κ3) is 116. The fourth-order valence-corrected chi connectivity index (χ4v) is 228. The van der Waals surface area contributed by atoms with Crippen molar-refractivity contribution in [2.45, 2.75) is 0 Å². The predicted octanol–water partition coefficient (Wildman–Crippen LogP) is 53.7. The molecule has 0 saturated carbocycles. The molecule has 0 saturated heterocycles. The van der Waals surface area contributed by atoms with E-state index in [9.17, 15) is 0 Å². The first-order valence-corrected chi connectivity index (χ1v) is 129. The highest BCUT2D eigenvalue weighted by Gasteiger charge is 2.08. The van der Waals surface area contributed by atoms with E-state index in [1.165, 1.54) is 9.83 Å². The van der Waals surface area contributed by atoms with Crippen molar-refractivity contribution >= 4 is 846 Å². The van der Waals surface area contributed by atoms with Crippen molar-refractivity contribution < 1.29 is 0 Å². The molecule has 0 rings (SSSR count). The molecule has 0 fully saturated rings. The lowest BCUT2D eigenvalue weighted by Gasteiger charge is -2.00. The van der Waals surface area contributed by atoms with Crippen molar-refractivity contribution in [2.75, 3.05) is 6.26 Å². The van der Waals surface area contributed by atoms with Gasteiger partial charge in [-0.05, 0) is 186 Å². The first kappa shape index (κ1) is 117. The summed E-state index contributed by atoms with van der Waals surface area (Å²) in [6, 6.07) is 0. The lowest BCUT2D eigenvalue weighted by Crippen LogP contribution is -1.75. The molecular formula is CH4S86. The van der Waals surface area contributed by atoms with Crippen LogP contribution in [0.25, 0.3) is 0 Å². The Morgan fingerprint density at radius 3 is 0.276 bits per heavy atom. The fraction of sp³-hybridized carbons (Fsp3) is 1.00. The Bertz CT molecular complexity index is 1260. The third-order valence-electron chi connectivity index (χ3n) is 2.38. The summed E-state index contributed by atoms with van der Waals surface area (Å²) in [4.78, 5) is 0. The zero-order valence-electron chi connectivity index (χ0n) is 36.1. The molecule has 0 nitrogen and oxygen atoms in total. The second-order valence-electron chi connectivity index (χ2n) is 6.29. The zero-order chi connectivity index (χ0) is 62.5. The normalized spacial score (nSPS) is 12.0. The maximum atomic E-state index is 5.24. The van der Waals surface area contributed by atoms with Crippen LogP contribution in [0.1, 0.15) is 0 Å². The van der Waals surface area contributed by atoms with Crippen LogP contribution in [-0.4, -0.2) is 6.26 Å². The molecule has 0 aromatic heterocycles. The van der Waals surface area contributed by atoms with Crippen molar-refractivity contribution in [2.24, 2.45) is 0 Å². The molecule has 0 aliphatic rings. The molecule has 0 amide bonds. The average molecular weight is 2770 g/mol. The average Bonchev–Trinajstić information content (AvgIpc) is 3.51. The molecule has 524 valence electrons. The van der Waals surface area contributed by atoms with Gasteiger partial charge in [0, 0.05) is 655 Å². The van der Waals surface area contributed by atoms with Gasteiger partial charge in [-0.25, -0.2) is 0 Å². The number of rotatable bonds is 82. The van der Waals surface area contributed by atoms with Gasteiger partial charge in [0.15, 0.2) is 0 Å². The summed E-state index contributed by atoms with van der Waals surface area (Å²) in [5, 5.41) is 0. The molecule has 0 atom stereocenters. The summed E-state index contributed by atoms with van der Waals surface area (Å²) < 4.78 is 0. The summed E-state index contributed by atoms with van der Waals surface area (Å²) in [6.07, 6.45) is 0.654. The minimum atomic E-state index is -1.31. The molecule has 0 unspecified atom stereocenters. The van der Waals surface area contributed by atoms with Crippen molar-refractivity contribution in [3.63, 3.8) is 0 Å². The van der Waals surface area contributed by atoms with E-state index < -0.39 is 6.18 Å². The van der Waals surface area contributed by atoms with E-state index in [0.29, 0.717) is 0 Å². The highest BCUT2D eigenvalue weighted by molar-refractivity contribution is 9.67. The largest absolute Gasteiger partial charge is 0.0988 e. The van der Waals surface area contributed by atoms with E-state index in [2.05, 4.69) is 11.7 Å². The van der Waals surface area contributed by atoms with Crippen LogP contribution >= 0.6 is 817 Å². The van der Waals surface area contributed by atoms with Crippen molar-refractivity contribution in [1.82, 2.24) is 0 Å². The molecule has 0 bridgehead atoms. The van der Waals surface area contributed by atoms with Gasteiger partial charge in [0.25, 0.3) is 0 Å². The maximum absolute atomic E-state index is 5.24. The van der Waals surface area contributed by atoms with Crippen LogP contribution in [0.5, 0.6) is 0 Å². The van der Waals surface area contributed by atoms with Crippen LogP contribution in [0.4, 0.5) is 0 Å². The van der Waals surface area contributed by atoms with Gasteiger partial charge in [-0.2, -0.15) is 0 Å². The maximum Gasteiger partial charge on any atom is 0.000468 e. The summed E-state index contributed by atoms with van der Waals surface area (Å²) in [6.45, 7) is 0. The van der Waals surface area contributed by atoms with Gasteiger partial charge in [0.2, 0.25) is 0 Å². The van der Waals surface area contributed by atoms with Crippen molar-refractivity contribution in [1.29, 1.82) is 0 Å². The van der Waals surface area contributed by atoms with E-state index in [0.717, 1.165) is 0 Å². The molecule has 0 heterocycles. The van der Waals surface area contributed by atoms with Gasteiger partial charge < -0.3 is 0 Å². The minimum Gasteiger partial charge on any atom is -0.0988 e. The molecule has 87 heavy (non-hydrogen) atoms. The smallest absolute Gasteiger partial charge is 0.000468 e. The van der Waals surface area contributed by atoms with Gasteiger partial charge in [-0.1, -0.05) is 11.7 Å². The molecule has 0 radical (unpaired) electrons. The second kappa shape index (κ2) is 110. The van der Waals surface area contributed by atoms with Crippen LogP contribution < -0.4 is 0 Å². The molecule has 0 spiro atoms.